The summed E-state index contributed by atoms with van der Waals surface area (Å²) >= 11 is 0. The van der Waals surface area contributed by atoms with Crippen molar-refractivity contribution in [3.8, 4) is 0 Å². The second-order valence-electron chi connectivity index (χ2n) is 2.85. The molecule has 2 heteroatoms. The molecule has 0 fully saturated rings. The zero-order valence-electron chi connectivity index (χ0n) is 7.14. The SMILES string of the molecule is N/N=C/c1cccc2ccccc12. The van der Waals surface area contributed by atoms with Crippen LogP contribution in [-0.2, 0) is 0 Å². The summed E-state index contributed by atoms with van der Waals surface area (Å²) in [5.74, 6) is 5.12. The molecule has 2 nitrogen and oxygen atoms in total. The van der Waals surface area contributed by atoms with Crippen molar-refractivity contribution in [3.63, 3.8) is 0 Å². The molecule has 0 aliphatic rings. The number of nitrogens with two attached hydrogens (primary N) is 1. The molecule has 2 rings (SSSR count). The van der Waals surface area contributed by atoms with Crippen LogP contribution in [0.3, 0.4) is 0 Å². The molecule has 0 saturated carbocycles. The summed E-state index contributed by atoms with van der Waals surface area (Å²) in [6.07, 6.45) is 1.67. The number of hydrazone groups is 1. The fourth-order valence-electron chi connectivity index (χ4n) is 1.44. The van der Waals surface area contributed by atoms with Gasteiger partial charge >= 0.3 is 0 Å². The molecule has 0 spiro atoms. The van der Waals surface area contributed by atoms with Gasteiger partial charge < -0.3 is 5.84 Å². The fourth-order valence-corrected chi connectivity index (χ4v) is 1.44. The van der Waals surface area contributed by atoms with Crippen LogP contribution in [0, 0.1) is 0 Å². The summed E-state index contributed by atoms with van der Waals surface area (Å²) in [4.78, 5) is 0. The Morgan fingerprint density at radius 1 is 1.00 bits per heavy atom. The molecule has 0 unspecified atom stereocenters. The summed E-state index contributed by atoms with van der Waals surface area (Å²) < 4.78 is 0. The van der Waals surface area contributed by atoms with Crippen molar-refractivity contribution in [2.45, 2.75) is 0 Å². The zero-order chi connectivity index (χ0) is 9.10. The maximum Gasteiger partial charge on any atom is 0.0544 e. The van der Waals surface area contributed by atoms with Crippen molar-refractivity contribution < 1.29 is 0 Å². The minimum absolute atomic E-state index is 1.06. The Morgan fingerprint density at radius 3 is 2.62 bits per heavy atom. The average molecular weight is 170 g/mol. The fraction of sp³-hybridized carbons (Fsp3) is 0. The Hall–Kier alpha value is -1.83. The molecule has 2 aromatic rings. The topological polar surface area (TPSA) is 38.4 Å². The first-order chi connectivity index (χ1) is 6.42. The van der Waals surface area contributed by atoms with Gasteiger partial charge in [0.05, 0.1) is 6.21 Å². The first kappa shape index (κ1) is 7.80. The lowest BCUT2D eigenvalue weighted by atomic mass is 10.1. The summed E-state index contributed by atoms with van der Waals surface area (Å²) in [5.41, 5.74) is 1.06. The summed E-state index contributed by atoms with van der Waals surface area (Å²) in [5, 5.41) is 5.92. The molecular formula is C11H10N2. The Bertz CT molecular complexity index is 441. The minimum atomic E-state index is 1.06. The zero-order valence-corrected chi connectivity index (χ0v) is 7.14. The lowest BCUT2D eigenvalue weighted by Crippen LogP contribution is -1.87. The highest BCUT2D eigenvalue weighted by molar-refractivity contribution is 5.99. The van der Waals surface area contributed by atoms with Crippen LogP contribution in [0.15, 0.2) is 47.6 Å². The lowest BCUT2D eigenvalue weighted by Gasteiger charge is -1.99. The van der Waals surface area contributed by atoms with Crippen LogP contribution in [0.1, 0.15) is 5.56 Å². The molecule has 0 atom stereocenters. The highest BCUT2D eigenvalue weighted by atomic mass is 15.1. The molecule has 13 heavy (non-hydrogen) atoms. The van der Waals surface area contributed by atoms with E-state index in [0.717, 1.165) is 5.56 Å². The van der Waals surface area contributed by atoms with Gasteiger partial charge in [-0.1, -0.05) is 42.5 Å². The van der Waals surface area contributed by atoms with Crippen LogP contribution in [-0.4, -0.2) is 6.21 Å². The second-order valence-corrected chi connectivity index (χ2v) is 2.85. The lowest BCUT2D eigenvalue weighted by molar-refractivity contribution is 1.26. The van der Waals surface area contributed by atoms with E-state index >= 15 is 0 Å². The van der Waals surface area contributed by atoms with E-state index in [1.165, 1.54) is 10.8 Å². The van der Waals surface area contributed by atoms with Crippen LogP contribution in [0.2, 0.25) is 0 Å². The monoisotopic (exact) mass is 170 g/mol. The molecular weight excluding hydrogens is 160 g/mol. The minimum Gasteiger partial charge on any atom is -0.323 e. The molecule has 64 valence electrons. The predicted molar refractivity (Wildman–Crippen MR) is 55.7 cm³/mol. The molecule has 0 amide bonds. The van der Waals surface area contributed by atoms with Gasteiger partial charge in [-0.05, 0) is 10.8 Å². The number of hydrogen-bond acceptors (Lipinski definition) is 2. The summed E-state index contributed by atoms with van der Waals surface area (Å²) in [6.45, 7) is 0. The molecule has 2 aromatic carbocycles. The van der Waals surface area contributed by atoms with Gasteiger partial charge in [0.1, 0.15) is 0 Å². The van der Waals surface area contributed by atoms with Gasteiger partial charge in [-0.2, -0.15) is 5.10 Å². The first-order valence-electron chi connectivity index (χ1n) is 4.13. The Balaban J connectivity index is 2.75. The quantitative estimate of drug-likeness (QED) is 0.397. The normalized spacial score (nSPS) is 11.1. The van der Waals surface area contributed by atoms with E-state index in [4.69, 9.17) is 5.84 Å². The van der Waals surface area contributed by atoms with E-state index in [2.05, 4.69) is 23.3 Å². The van der Waals surface area contributed by atoms with Gasteiger partial charge in [0, 0.05) is 5.56 Å². The number of benzene rings is 2. The van der Waals surface area contributed by atoms with Crippen molar-refractivity contribution in [1.29, 1.82) is 0 Å². The van der Waals surface area contributed by atoms with Gasteiger partial charge in [0.25, 0.3) is 0 Å². The molecule has 0 heterocycles. The highest BCUT2D eigenvalue weighted by Crippen LogP contribution is 2.16. The Morgan fingerprint density at radius 2 is 1.77 bits per heavy atom. The van der Waals surface area contributed by atoms with Crippen molar-refractivity contribution in [2.24, 2.45) is 10.9 Å². The van der Waals surface area contributed by atoms with E-state index in [0.29, 0.717) is 0 Å². The highest BCUT2D eigenvalue weighted by Gasteiger charge is 1.95. The molecule has 0 bridgehead atoms. The maximum absolute atomic E-state index is 5.12. The van der Waals surface area contributed by atoms with Gasteiger partial charge in [0.2, 0.25) is 0 Å². The average Bonchev–Trinajstić information content (AvgIpc) is 2.19. The van der Waals surface area contributed by atoms with Crippen LogP contribution < -0.4 is 5.84 Å². The number of rotatable bonds is 1. The van der Waals surface area contributed by atoms with E-state index in [1.807, 2.05) is 24.3 Å². The second kappa shape index (κ2) is 3.27. The van der Waals surface area contributed by atoms with E-state index in [9.17, 15) is 0 Å². The third kappa shape index (κ3) is 1.38. The maximum atomic E-state index is 5.12. The summed E-state index contributed by atoms with van der Waals surface area (Å²) in [6, 6.07) is 14.2. The third-order valence-electron chi connectivity index (χ3n) is 2.04. The van der Waals surface area contributed by atoms with Gasteiger partial charge in [-0.25, -0.2) is 0 Å². The smallest absolute Gasteiger partial charge is 0.0544 e. The largest absolute Gasteiger partial charge is 0.323 e. The number of fused-ring (bicyclic) bond motifs is 1. The first-order valence-corrected chi connectivity index (χ1v) is 4.13. The predicted octanol–water partition coefficient (Wildman–Crippen LogP) is 2.13. The van der Waals surface area contributed by atoms with E-state index < -0.39 is 0 Å². The van der Waals surface area contributed by atoms with Crippen molar-refractivity contribution >= 4 is 17.0 Å². The van der Waals surface area contributed by atoms with Crippen molar-refractivity contribution in [2.75, 3.05) is 0 Å². The van der Waals surface area contributed by atoms with Crippen molar-refractivity contribution in [3.05, 3.63) is 48.0 Å². The van der Waals surface area contributed by atoms with E-state index in [1.54, 1.807) is 6.21 Å². The molecule has 0 aromatic heterocycles. The van der Waals surface area contributed by atoms with Crippen LogP contribution in [0.4, 0.5) is 0 Å². The summed E-state index contributed by atoms with van der Waals surface area (Å²) in [7, 11) is 0. The Kier molecular flexibility index (Phi) is 1.96. The molecule has 0 aliphatic carbocycles. The van der Waals surface area contributed by atoms with Gasteiger partial charge in [-0.15, -0.1) is 0 Å². The third-order valence-corrected chi connectivity index (χ3v) is 2.04. The number of nitrogens with zero attached hydrogens (tertiary/aromatic N) is 1. The van der Waals surface area contributed by atoms with Gasteiger partial charge in [0.15, 0.2) is 0 Å². The van der Waals surface area contributed by atoms with Crippen LogP contribution in [0.25, 0.3) is 10.8 Å². The number of hydrogen-bond donors (Lipinski definition) is 1. The standard InChI is InChI=1S/C11H10N2/c12-13-8-10-6-3-5-9-4-1-2-7-11(9)10/h1-8H,12H2/b13-8+. The molecule has 0 radical (unpaired) electrons. The van der Waals surface area contributed by atoms with E-state index in [-0.39, 0.29) is 0 Å². The Labute approximate surface area is 76.7 Å². The van der Waals surface area contributed by atoms with Crippen LogP contribution >= 0.6 is 0 Å². The molecule has 0 saturated heterocycles. The van der Waals surface area contributed by atoms with Gasteiger partial charge in [-0.3, -0.25) is 0 Å². The van der Waals surface area contributed by atoms with Crippen molar-refractivity contribution in [1.82, 2.24) is 0 Å². The molecule has 2 N–H and O–H groups in total. The molecule has 0 aliphatic heterocycles. The van der Waals surface area contributed by atoms with Crippen LogP contribution in [0.5, 0.6) is 0 Å².